The average molecular weight is 556 g/mol. The Morgan fingerprint density at radius 3 is 2.77 bits per heavy atom. The Bertz CT molecular complexity index is 825. The minimum Gasteiger partial charge on any atom is -0.488 e. The summed E-state index contributed by atoms with van der Waals surface area (Å²) in [6, 6.07) is 8.31. The van der Waals surface area contributed by atoms with Crippen LogP contribution in [0.4, 0.5) is 0 Å². The fourth-order valence-corrected chi connectivity index (χ4v) is 4.78. The van der Waals surface area contributed by atoms with Crippen LogP contribution in [-0.4, -0.2) is 54.7 Å². The number of thiazole rings is 1. The number of likely N-dealkylation sites (tertiary alicyclic amines) is 1. The number of hydrogen-bond acceptors (Lipinski definition) is 5. The van der Waals surface area contributed by atoms with Gasteiger partial charge in [0.1, 0.15) is 11.9 Å². The van der Waals surface area contributed by atoms with Gasteiger partial charge in [0, 0.05) is 31.4 Å². The Hall–Kier alpha value is -1.39. The van der Waals surface area contributed by atoms with Gasteiger partial charge in [-0.1, -0.05) is 18.2 Å². The molecule has 8 heteroatoms. The number of benzene rings is 1. The van der Waals surface area contributed by atoms with Crippen molar-refractivity contribution in [2.45, 2.75) is 45.8 Å². The maximum atomic E-state index is 6.04. The molecule has 2 aliphatic rings. The van der Waals surface area contributed by atoms with Gasteiger partial charge in [-0.05, 0) is 57.3 Å². The number of aromatic nitrogens is 1. The number of para-hydroxylation sites is 1. The van der Waals surface area contributed by atoms with Crippen molar-refractivity contribution in [3.8, 4) is 5.75 Å². The zero-order valence-electron chi connectivity index (χ0n) is 18.5. The van der Waals surface area contributed by atoms with Crippen molar-refractivity contribution >= 4 is 41.3 Å². The van der Waals surface area contributed by atoms with Crippen molar-refractivity contribution < 1.29 is 4.74 Å². The number of halogens is 1. The molecular formula is C23H34IN5OS. The Kier molecular flexibility index (Phi) is 9.40. The van der Waals surface area contributed by atoms with Crippen molar-refractivity contribution in [2.24, 2.45) is 10.9 Å². The molecule has 1 atom stereocenters. The lowest BCUT2D eigenvalue weighted by atomic mass is 9.97. The fourth-order valence-electron chi connectivity index (χ4n) is 4.18. The number of nitrogens with zero attached hydrogens (tertiary/aromatic N) is 3. The molecule has 1 unspecified atom stereocenters. The quantitative estimate of drug-likeness (QED) is 0.309. The van der Waals surface area contributed by atoms with Crippen LogP contribution in [0.5, 0.6) is 5.75 Å². The number of aliphatic imine (C=N–C) groups is 1. The molecule has 0 aliphatic carbocycles. The van der Waals surface area contributed by atoms with E-state index in [1.807, 2.05) is 6.07 Å². The zero-order chi connectivity index (χ0) is 20.8. The van der Waals surface area contributed by atoms with Crippen LogP contribution in [-0.2, 0) is 13.0 Å². The summed E-state index contributed by atoms with van der Waals surface area (Å²) in [7, 11) is 0. The third-order valence-corrected chi connectivity index (χ3v) is 6.64. The van der Waals surface area contributed by atoms with Crippen molar-refractivity contribution in [3.05, 3.63) is 45.9 Å². The summed E-state index contributed by atoms with van der Waals surface area (Å²) in [6.07, 6.45) is 3.53. The van der Waals surface area contributed by atoms with Crippen LogP contribution in [0.3, 0.4) is 0 Å². The molecule has 0 bridgehead atoms. The second-order valence-electron chi connectivity index (χ2n) is 8.23. The topological polar surface area (TPSA) is 61.8 Å². The molecule has 0 amide bonds. The molecule has 3 heterocycles. The van der Waals surface area contributed by atoms with E-state index in [0.717, 1.165) is 62.4 Å². The standard InChI is InChI=1S/C23H33N5OS.HI/c1-3-24-23(26-14-21-12-19-6-4-5-7-22(19)29-21)25-13-18-8-10-28(11-9-18)15-20-16-30-17(2)27-20;/h4-7,16,18,21H,3,8-15H2,1-2H3,(H2,24,25,26);1H. The number of piperidine rings is 1. The van der Waals surface area contributed by atoms with Gasteiger partial charge in [-0.15, -0.1) is 35.3 Å². The number of nitrogens with one attached hydrogen (secondary N) is 2. The first-order valence-electron chi connectivity index (χ1n) is 11.1. The normalized spacial score (nSPS) is 19.4. The van der Waals surface area contributed by atoms with Gasteiger partial charge in [0.25, 0.3) is 0 Å². The molecule has 4 rings (SSSR count). The number of rotatable bonds is 7. The highest BCUT2D eigenvalue weighted by atomic mass is 127. The van der Waals surface area contributed by atoms with Crippen LogP contribution in [0.15, 0.2) is 34.6 Å². The molecule has 1 aromatic carbocycles. The summed E-state index contributed by atoms with van der Waals surface area (Å²) in [5.41, 5.74) is 2.51. The lowest BCUT2D eigenvalue weighted by molar-refractivity contribution is 0.179. The smallest absolute Gasteiger partial charge is 0.191 e. The lowest BCUT2D eigenvalue weighted by Crippen LogP contribution is -2.42. The Labute approximate surface area is 206 Å². The minimum atomic E-state index is 0. The van der Waals surface area contributed by atoms with E-state index in [1.165, 1.54) is 24.1 Å². The molecule has 2 N–H and O–H groups in total. The first kappa shape index (κ1) is 24.3. The van der Waals surface area contributed by atoms with Gasteiger partial charge >= 0.3 is 0 Å². The molecule has 170 valence electrons. The molecule has 2 aliphatic heterocycles. The second kappa shape index (κ2) is 12.0. The predicted octanol–water partition coefficient (Wildman–Crippen LogP) is 3.84. The summed E-state index contributed by atoms with van der Waals surface area (Å²) in [5.74, 6) is 2.57. The van der Waals surface area contributed by atoms with Gasteiger partial charge < -0.3 is 15.4 Å². The summed E-state index contributed by atoms with van der Waals surface area (Å²) >= 11 is 1.74. The minimum absolute atomic E-state index is 0. The number of guanidine groups is 1. The van der Waals surface area contributed by atoms with E-state index in [4.69, 9.17) is 9.73 Å². The number of ether oxygens (including phenoxy) is 1. The van der Waals surface area contributed by atoms with E-state index in [0.29, 0.717) is 5.92 Å². The largest absolute Gasteiger partial charge is 0.488 e. The van der Waals surface area contributed by atoms with E-state index >= 15 is 0 Å². The highest BCUT2D eigenvalue weighted by Gasteiger charge is 2.23. The van der Waals surface area contributed by atoms with Gasteiger partial charge in [0.05, 0.1) is 17.2 Å². The summed E-state index contributed by atoms with van der Waals surface area (Å²) in [4.78, 5) is 12.0. The predicted molar refractivity (Wildman–Crippen MR) is 139 cm³/mol. The average Bonchev–Trinajstić information content (AvgIpc) is 3.36. The maximum absolute atomic E-state index is 6.04. The van der Waals surface area contributed by atoms with Crippen molar-refractivity contribution in [3.63, 3.8) is 0 Å². The number of fused-ring (bicyclic) bond motifs is 1. The highest BCUT2D eigenvalue weighted by molar-refractivity contribution is 14.0. The Balaban J connectivity index is 0.00000272. The summed E-state index contributed by atoms with van der Waals surface area (Å²) in [5, 5.41) is 10.2. The third-order valence-electron chi connectivity index (χ3n) is 5.82. The second-order valence-corrected chi connectivity index (χ2v) is 9.29. The number of hydrogen-bond donors (Lipinski definition) is 2. The van der Waals surface area contributed by atoms with Gasteiger partial charge in [-0.25, -0.2) is 4.98 Å². The lowest BCUT2D eigenvalue weighted by Gasteiger charge is -2.30. The Morgan fingerprint density at radius 2 is 2.06 bits per heavy atom. The van der Waals surface area contributed by atoms with Crippen LogP contribution >= 0.6 is 35.3 Å². The molecule has 6 nitrogen and oxygen atoms in total. The molecule has 1 aromatic heterocycles. The highest BCUT2D eigenvalue weighted by Crippen LogP contribution is 2.27. The fraction of sp³-hybridized carbons (Fsp3) is 0.565. The summed E-state index contributed by atoms with van der Waals surface area (Å²) < 4.78 is 6.04. The van der Waals surface area contributed by atoms with Crippen LogP contribution < -0.4 is 15.4 Å². The Morgan fingerprint density at radius 1 is 1.26 bits per heavy atom. The molecule has 1 saturated heterocycles. The van der Waals surface area contributed by atoms with Crippen molar-refractivity contribution in [1.82, 2.24) is 20.5 Å². The third kappa shape index (κ3) is 7.05. The number of aryl methyl sites for hydroxylation is 1. The van der Waals surface area contributed by atoms with E-state index in [1.54, 1.807) is 11.3 Å². The monoisotopic (exact) mass is 555 g/mol. The van der Waals surface area contributed by atoms with Crippen molar-refractivity contribution in [1.29, 1.82) is 0 Å². The first-order chi connectivity index (χ1) is 14.7. The van der Waals surface area contributed by atoms with E-state index in [-0.39, 0.29) is 30.1 Å². The maximum Gasteiger partial charge on any atom is 0.191 e. The zero-order valence-corrected chi connectivity index (χ0v) is 21.6. The molecular weight excluding hydrogens is 521 g/mol. The van der Waals surface area contributed by atoms with Crippen LogP contribution in [0, 0.1) is 12.8 Å². The van der Waals surface area contributed by atoms with Crippen LogP contribution in [0.1, 0.15) is 36.0 Å². The van der Waals surface area contributed by atoms with Crippen molar-refractivity contribution in [2.75, 3.05) is 32.7 Å². The molecule has 0 radical (unpaired) electrons. The SMILES string of the molecule is CCNC(=NCC1CCN(Cc2csc(C)n2)CC1)NCC1Cc2ccccc2O1.I. The van der Waals surface area contributed by atoms with Crippen LogP contribution in [0.2, 0.25) is 0 Å². The van der Waals surface area contributed by atoms with Gasteiger partial charge in [-0.2, -0.15) is 0 Å². The molecule has 31 heavy (non-hydrogen) atoms. The molecule has 1 fully saturated rings. The van der Waals surface area contributed by atoms with Gasteiger partial charge in [0.15, 0.2) is 5.96 Å². The van der Waals surface area contributed by atoms with E-state index in [2.05, 4.69) is 57.9 Å². The van der Waals surface area contributed by atoms with E-state index in [9.17, 15) is 0 Å². The van der Waals surface area contributed by atoms with E-state index < -0.39 is 0 Å². The van der Waals surface area contributed by atoms with Gasteiger partial charge in [-0.3, -0.25) is 9.89 Å². The first-order valence-corrected chi connectivity index (χ1v) is 12.0. The van der Waals surface area contributed by atoms with Gasteiger partial charge in [0.2, 0.25) is 0 Å². The molecule has 0 spiro atoms. The molecule has 0 saturated carbocycles. The summed E-state index contributed by atoms with van der Waals surface area (Å²) in [6.45, 7) is 9.95. The molecule has 2 aromatic rings. The van der Waals surface area contributed by atoms with Crippen LogP contribution in [0.25, 0.3) is 0 Å².